The maximum atomic E-state index is 12.7. The Labute approximate surface area is 174 Å². The van der Waals surface area contributed by atoms with Crippen LogP contribution in [0, 0.1) is 0 Å². The van der Waals surface area contributed by atoms with Gasteiger partial charge in [-0.25, -0.2) is 4.79 Å². The monoisotopic (exact) mass is 412 g/mol. The highest BCUT2D eigenvalue weighted by Gasteiger charge is 2.19. The highest BCUT2D eigenvalue weighted by atomic mass is 16.6. The number of methoxy groups -OCH3 is 1. The largest absolute Gasteiger partial charge is 0.497 e. The van der Waals surface area contributed by atoms with Gasteiger partial charge in [-0.3, -0.25) is 4.79 Å². The van der Waals surface area contributed by atoms with Crippen molar-refractivity contribution in [3.05, 3.63) is 59.0 Å². The van der Waals surface area contributed by atoms with Gasteiger partial charge >= 0.3 is 5.97 Å². The quantitative estimate of drug-likeness (QED) is 0.496. The molecule has 0 saturated heterocycles. The minimum Gasteiger partial charge on any atom is -0.497 e. The first-order chi connectivity index (χ1) is 14.4. The van der Waals surface area contributed by atoms with Crippen LogP contribution in [0.1, 0.15) is 27.2 Å². The molecule has 158 valence electrons. The van der Waals surface area contributed by atoms with Crippen LogP contribution in [0.4, 0.5) is 0 Å². The molecule has 1 heterocycles. The molecule has 0 aliphatic rings. The number of rotatable bonds is 8. The second kappa shape index (κ2) is 9.35. The summed E-state index contributed by atoms with van der Waals surface area (Å²) in [6.07, 6.45) is 1.00. The van der Waals surface area contributed by atoms with Gasteiger partial charge in [0.2, 0.25) is 11.2 Å². The molecule has 0 saturated carbocycles. The molecule has 0 fully saturated rings. The minimum atomic E-state index is -0.791. The van der Waals surface area contributed by atoms with Crippen LogP contribution >= 0.6 is 0 Å². The van der Waals surface area contributed by atoms with Gasteiger partial charge in [0.05, 0.1) is 18.6 Å². The Kier molecular flexibility index (Phi) is 6.61. The molecule has 30 heavy (non-hydrogen) atoms. The molecular formula is C23H24O7. The Morgan fingerprint density at radius 2 is 1.70 bits per heavy atom. The Hall–Kier alpha value is -3.48. The van der Waals surface area contributed by atoms with Gasteiger partial charge in [-0.1, -0.05) is 6.92 Å². The van der Waals surface area contributed by atoms with E-state index in [0.29, 0.717) is 28.2 Å². The lowest BCUT2D eigenvalue weighted by Gasteiger charge is -2.17. The second-order valence-corrected chi connectivity index (χ2v) is 6.78. The van der Waals surface area contributed by atoms with Crippen molar-refractivity contribution < 1.29 is 28.2 Å². The van der Waals surface area contributed by atoms with Crippen LogP contribution in [-0.4, -0.2) is 25.3 Å². The van der Waals surface area contributed by atoms with Crippen molar-refractivity contribution in [2.75, 3.05) is 7.11 Å². The summed E-state index contributed by atoms with van der Waals surface area (Å²) in [5.74, 6) is 1.17. The maximum Gasteiger partial charge on any atom is 0.347 e. The van der Waals surface area contributed by atoms with Crippen molar-refractivity contribution in [3.63, 3.8) is 0 Å². The topological polar surface area (TPSA) is 84.2 Å². The Morgan fingerprint density at radius 3 is 2.37 bits per heavy atom. The lowest BCUT2D eigenvalue weighted by Crippen LogP contribution is -2.29. The standard InChI is InChI=1S/C23H24O7/c1-5-14(2)28-23(25)15(3)29-18-10-11-19-20(12-18)27-13-21(22(19)24)30-17-8-6-16(26-4)7-9-17/h6-15H,5H2,1-4H3/t14-,15-/m1/s1. The first-order valence-corrected chi connectivity index (χ1v) is 9.66. The van der Waals surface area contributed by atoms with Crippen molar-refractivity contribution in [2.24, 2.45) is 0 Å². The van der Waals surface area contributed by atoms with Gasteiger partial charge < -0.3 is 23.4 Å². The highest BCUT2D eigenvalue weighted by molar-refractivity contribution is 5.79. The van der Waals surface area contributed by atoms with Crippen molar-refractivity contribution in [1.29, 1.82) is 0 Å². The number of benzene rings is 2. The van der Waals surface area contributed by atoms with Crippen molar-refractivity contribution in [2.45, 2.75) is 39.4 Å². The fraction of sp³-hybridized carbons (Fsp3) is 0.304. The van der Waals surface area contributed by atoms with E-state index in [-0.39, 0.29) is 17.3 Å². The maximum absolute atomic E-state index is 12.7. The molecule has 3 aromatic rings. The van der Waals surface area contributed by atoms with E-state index in [1.807, 2.05) is 13.8 Å². The third-order valence-electron chi connectivity index (χ3n) is 4.54. The van der Waals surface area contributed by atoms with Gasteiger partial charge in [0, 0.05) is 6.07 Å². The normalized spacial score (nSPS) is 12.8. The number of ether oxygens (including phenoxy) is 4. The zero-order valence-corrected chi connectivity index (χ0v) is 17.3. The third kappa shape index (κ3) is 4.92. The van der Waals surface area contributed by atoms with E-state index < -0.39 is 12.1 Å². The number of esters is 1. The number of hydrogen-bond acceptors (Lipinski definition) is 7. The average molecular weight is 412 g/mol. The van der Waals surface area contributed by atoms with Crippen LogP contribution in [-0.2, 0) is 9.53 Å². The van der Waals surface area contributed by atoms with Gasteiger partial charge in [0.1, 0.15) is 29.1 Å². The van der Waals surface area contributed by atoms with Crippen molar-refractivity contribution >= 4 is 16.9 Å². The van der Waals surface area contributed by atoms with Crippen LogP contribution in [0.15, 0.2) is 57.9 Å². The third-order valence-corrected chi connectivity index (χ3v) is 4.54. The van der Waals surface area contributed by atoms with Crippen LogP contribution in [0.5, 0.6) is 23.0 Å². The zero-order chi connectivity index (χ0) is 21.7. The van der Waals surface area contributed by atoms with Gasteiger partial charge in [0.25, 0.3) is 0 Å². The van der Waals surface area contributed by atoms with E-state index in [2.05, 4.69) is 0 Å². The zero-order valence-electron chi connectivity index (χ0n) is 17.3. The number of fused-ring (bicyclic) bond motifs is 1. The lowest BCUT2D eigenvalue weighted by atomic mass is 10.2. The van der Waals surface area contributed by atoms with Crippen LogP contribution < -0.4 is 19.6 Å². The molecule has 2 atom stereocenters. The van der Waals surface area contributed by atoms with E-state index in [9.17, 15) is 9.59 Å². The Bertz CT molecular complexity index is 1070. The van der Waals surface area contributed by atoms with Crippen LogP contribution in [0.3, 0.4) is 0 Å². The highest BCUT2D eigenvalue weighted by Crippen LogP contribution is 2.25. The average Bonchev–Trinajstić information content (AvgIpc) is 2.76. The first kappa shape index (κ1) is 21.2. The minimum absolute atomic E-state index is 0.0619. The van der Waals surface area contributed by atoms with Crippen LogP contribution in [0.2, 0.25) is 0 Å². The predicted molar refractivity (Wildman–Crippen MR) is 111 cm³/mol. The molecule has 7 heteroatoms. The fourth-order valence-corrected chi connectivity index (χ4v) is 2.64. The van der Waals surface area contributed by atoms with E-state index in [0.717, 1.165) is 6.42 Å². The fourth-order valence-electron chi connectivity index (χ4n) is 2.64. The molecular weight excluding hydrogens is 388 g/mol. The Balaban J connectivity index is 1.77. The van der Waals surface area contributed by atoms with E-state index in [1.54, 1.807) is 56.5 Å². The summed E-state index contributed by atoms with van der Waals surface area (Å²) in [5.41, 5.74) is 0.00456. The summed E-state index contributed by atoms with van der Waals surface area (Å²) in [6.45, 7) is 5.36. The molecule has 0 N–H and O–H groups in total. The lowest BCUT2D eigenvalue weighted by molar-refractivity contribution is -0.155. The molecule has 0 amide bonds. The molecule has 0 aliphatic carbocycles. The molecule has 0 radical (unpaired) electrons. The van der Waals surface area contributed by atoms with Gasteiger partial charge in [-0.05, 0) is 56.7 Å². The number of hydrogen-bond donors (Lipinski definition) is 0. The van der Waals surface area contributed by atoms with Crippen molar-refractivity contribution in [3.8, 4) is 23.0 Å². The molecule has 1 aromatic heterocycles. The van der Waals surface area contributed by atoms with Gasteiger partial charge in [0.15, 0.2) is 6.10 Å². The van der Waals surface area contributed by atoms with E-state index in [4.69, 9.17) is 23.4 Å². The predicted octanol–water partition coefficient (Wildman–Crippen LogP) is 4.70. The molecule has 0 bridgehead atoms. The Morgan fingerprint density at radius 1 is 1.03 bits per heavy atom. The summed E-state index contributed by atoms with van der Waals surface area (Å²) >= 11 is 0. The van der Waals surface area contributed by atoms with E-state index in [1.165, 1.54) is 6.26 Å². The summed E-state index contributed by atoms with van der Waals surface area (Å²) < 4.78 is 27.2. The number of carbonyl (C=O) groups excluding carboxylic acids is 1. The SMILES string of the molecule is CC[C@@H](C)OC(=O)[C@@H](C)Oc1ccc2c(=O)c(Oc3ccc(OC)cc3)coc2c1. The molecule has 0 unspecified atom stereocenters. The second-order valence-electron chi connectivity index (χ2n) is 6.78. The molecule has 0 aliphatic heterocycles. The van der Waals surface area contributed by atoms with Crippen LogP contribution in [0.25, 0.3) is 11.0 Å². The molecule has 0 spiro atoms. The summed E-state index contributed by atoms with van der Waals surface area (Å²) in [5, 5.41) is 0.336. The van der Waals surface area contributed by atoms with Crippen molar-refractivity contribution in [1.82, 2.24) is 0 Å². The van der Waals surface area contributed by atoms with E-state index >= 15 is 0 Å². The molecule has 2 aromatic carbocycles. The first-order valence-electron chi connectivity index (χ1n) is 9.66. The summed E-state index contributed by atoms with van der Waals surface area (Å²) in [6, 6.07) is 11.6. The summed E-state index contributed by atoms with van der Waals surface area (Å²) in [4.78, 5) is 24.8. The summed E-state index contributed by atoms with van der Waals surface area (Å²) in [7, 11) is 1.57. The smallest absolute Gasteiger partial charge is 0.347 e. The number of carbonyl (C=O) groups is 1. The van der Waals surface area contributed by atoms with Gasteiger partial charge in [-0.15, -0.1) is 0 Å². The molecule has 7 nitrogen and oxygen atoms in total. The van der Waals surface area contributed by atoms with Gasteiger partial charge in [-0.2, -0.15) is 0 Å². The molecule has 3 rings (SSSR count).